The van der Waals surface area contributed by atoms with Gasteiger partial charge < -0.3 is 19.5 Å². The number of carbonyl (C=O) groups excluding carboxylic acids is 2. The van der Waals surface area contributed by atoms with E-state index in [2.05, 4.69) is 10.2 Å². The van der Waals surface area contributed by atoms with Crippen LogP contribution in [0.25, 0.3) is 0 Å². The number of nitrogens with zero attached hydrogens (tertiary/aromatic N) is 3. The zero-order chi connectivity index (χ0) is 18.5. The molecule has 1 aromatic heterocycles. The lowest BCUT2D eigenvalue weighted by Gasteiger charge is -2.33. The molecule has 2 aliphatic heterocycles. The van der Waals surface area contributed by atoms with Crippen LogP contribution in [-0.2, 0) is 4.79 Å². The van der Waals surface area contributed by atoms with E-state index in [1.807, 2.05) is 17.0 Å². The van der Waals surface area contributed by atoms with Crippen LogP contribution in [0.5, 0.6) is 0 Å². The third kappa shape index (κ3) is 4.38. The summed E-state index contributed by atoms with van der Waals surface area (Å²) < 4.78 is 5.61. The molecule has 7 nitrogen and oxygen atoms in total. The number of rotatable bonds is 5. The van der Waals surface area contributed by atoms with Crippen molar-refractivity contribution in [1.29, 1.82) is 0 Å². The van der Waals surface area contributed by atoms with Gasteiger partial charge in [0.05, 0.1) is 12.3 Å². The van der Waals surface area contributed by atoms with Gasteiger partial charge in [-0.15, -0.1) is 0 Å². The fourth-order valence-electron chi connectivity index (χ4n) is 3.90. The molecule has 1 atom stereocenters. The molecule has 1 N–H and O–H groups in total. The van der Waals surface area contributed by atoms with Gasteiger partial charge in [-0.2, -0.15) is 0 Å². The van der Waals surface area contributed by atoms with Crippen LogP contribution in [0.4, 0.5) is 4.79 Å². The molecule has 7 heteroatoms. The standard InChI is InChI=1S/C19H30N4O3/c1-21(2)19(25)23-11-7-15(8-12-23)18(24)20-14-16(17-6-5-13-26-17)22-9-3-4-10-22/h5-6,13,15-16H,3-4,7-12,14H2,1-2H3,(H,20,24). The van der Waals surface area contributed by atoms with Crippen molar-refractivity contribution in [3.8, 4) is 0 Å². The van der Waals surface area contributed by atoms with Gasteiger partial charge in [-0.3, -0.25) is 9.69 Å². The van der Waals surface area contributed by atoms with Crippen LogP contribution in [0.1, 0.15) is 37.5 Å². The summed E-state index contributed by atoms with van der Waals surface area (Å²) in [7, 11) is 3.52. The SMILES string of the molecule is CN(C)C(=O)N1CCC(C(=O)NCC(c2ccco2)N2CCCC2)CC1. The average Bonchev–Trinajstić information content (AvgIpc) is 3.35. The Balaban J connectivity index is 1.50. The number of nitrogens with one attached hydrogen (secondary N) is 1. The molecule has 0 aliphatic carbocycles. The third-order valence-corrected chi connectivity index (χ3v) is 5.44. The number of likely N-dealkylation sites (tertiary alicyclic amines) is 2. The van der Waals surface area contributed by atoms with Crippen molar-refractivity contribution in [2.75, 3.05) is 46.8 Å². The van der Waals surface area contributed by atoms with Gasteiger partial charge in [-0.1, -0.05) is 0 Å². The van der Waals surface area contributed by atoms with Crippen LogP contribution in [0.3, 0.4) is 0 Å². The summed E-state index contributed by atoms with van der Waals surface area (Å²) in [4.78, 5) is 30.4. The van der Waals surface area contributed by atoms with E-state index in [-0.39, 0.29) is 23.9 Å². The Hall–Kier alpha value is -2.02. The van der Waals surface area contributed by atoms with Gasteiger partial charge in [0, 0.05) is 39.6 Å². The molecule has 1 unspecified atom stereocenters. The number of carbonyl (C=O) groups is 2. The maximum Gasteiger partial charge on any atom is 0.319 e. The maximum absolute atomic E-state index is 12.6. The van der Waals surface area contributed by atoms with Crippen LogP contribution in [0, 0.1) is 5.92 Å². The second kappa shape index (κ2) is 8.58. The molecular weight excluding hydrogens is 332 g/mol. The fraction of sp³-hybridized carbons (Fsp3) is 0.684. The summed E-state index contributed by atoms with van der Waals surface area (Å²) >= 11 is 0. The van der Waals surface area contributed by atoms with Crippen molar-refractivity contribution in [3.63, 3.8) is 0 Å². The van der Waals surface area contributed by atoms with Crippen molar-refractivity contribution in [1.82, 2.24) is 20.0 Å². The molecular formula is C19H30N4O3. The van der Waals surface area contributed by atoms with Crippen molar-refractivity contribution >= 4 is 11.9 Å². The molecule has 2 saturated heterocycles. The molecule has 0 aromatic carbocycles. The summed E-state index contributed by atoms with van der Waals surface area (Å²) in [6, 6.07) is 4.01. The van der Waals surface area contributed by atoms with Crippen molar-refractivity contribution < 1.29 is 14.0 Å². The van der Waals surface area contributed by atoms with Crippen LogP contribution >= 0.6 is 0 Å². The average molecular weight is 362 g/mol. The molecule has 0 bridgehead atoms. The number of piperidine rings is 1. The number of hydrogen-bond donors (Lipinski definition) is 1. The lowest BCUT2D eigenvalue weighted by atomic mass is 9.96. The lowest BCUT2D eigenvalue weighted by molar-refractivity contribution is -0.126. The minimum Gasteiger partial charge on any atom is -0.468 e. The van der Waals surface area contributed by atoms with E-state index < -0.39 is 0 Å². The van der Waals surface area contributed by atoms with Crippen LogP contribution in [0.2, 0.25) is 0 Å². The van der Waals surface area contributed by atoms with E-state index in [4.69, 9.17) is 4.42 Å². The zero-order valence-corrected chi connectivity index (χ0v) is 15.8. The number of amides is 3. The Morgan fingerprint density at radius 3 is 2.50 bits per heavy atom. The van der Waals surface area contributed by atoms with E-state index in [1.165, 1.54) is 12.8 Å². The van der Waals surface area contributed by atoms with Crippen LogP contribution < -0.4 is 5.32 Å². The molecule has 26 heavy (non-hydrogen) atoms. The third-order valence-electron chi connectivity index (χ3n) is 5.44. The lowest BCUT2D eigenvalue weighted by Crippen LogP contribution is -2.47. The predicted molar refractivity (Wildman–Crippen MR) is 98.6 cm³/mol. The van der Waals surface area contributed by atoms with Gasteiger partial charge >= 0.3 is 6.03 Å². The van der Waals surface area contributed by atoms with Gasteiger partial charge in [-0.05, 0) is 50.9 Å². The smallest absolute Gasteiger partial charge is 0.319 e. The zero-order valence-electron chi connectivity index (χ0n) is 15.8. The Morgan fingerprint density at radius 1 is 1.23 bits per heavy atom. The molecule has 0 radical (unpaired) electrons. The maximum atomic E-state index is 12.6. The molecule has 3 rings (SSSR count). The minimum absolute atomic E-state index is 0.0166. The van der Waals surface area contributed by atoms with Crippen LogP contribution in [0.15, 0.2) is 22.8 Å². The van der Waals surface area contributed by atoms with E-state index >= 15 is 0 Å². The highest BCUT2D eigenvalue weighted by molar-refractivity contribution is 5.79. The summed E-state index contributed by atoms with van der Waals surface area (Å²) in [6.07, 6.45) is 5.53. The molecule has 1 aromatic rings. The van der Waals surface area contributed by atoms with E-state index in [1.54, 1.807) is 25.3 Å². The highest BCUT2D eigenvalue weighted by Gasteiger charge is 2.30. The Morgan fingerprint density at radius 2 is 1.92 bits per heavy atom. The summed E-state index contributed by atoms with van der Waals surface area (Å²) in [5, 5.41) is 3.13. The second-order valence-electron chi connectivity index (χ2n) is 7.46. The second-order valence-corrected chi connectivity index (χ2v) is 7.46. The molecule has 144 valence electrons. The molecule has 2 aliphatic rings. The monoisotopic (exact) mass is 362 g/mol. The molecule has 3 amide bonds. The van der Waals surface area contributed by atoms with E-state index in [0.29, 0.717) is 19.6 Å². The van der Waals surface area contributed by atoms with Crippen molar-refractivity contribution in [2.45, 2.75) is 31.7 Å². The first-order valence-corrected chi connectivity index (χ1v) is 9.57. The summed E-state index contributed by atoms with van der Waals surface area (Å²) in [6.45, 7) is 3.95. The normalized spacial score (nSPS) is 20.2. The fourth-order valence-corrected chi connectivity index (χ4v) is 3.90. The van der Waals surface area contributed by atoms with Gasteiger partial charge in [0.25, 0.3) is 0 Å². The number of hydrogen-bond acceptors (Lipinski definition) is 4. The first-order valence-electron chi connectivity index (χ1n) is 9.57. The summed E-state index contributed by atoms with van der Waals surface area (Å²) in [5.74, 6) is 0.994. The van der Waals surface area contributed by atoms with Gasteiger partial charge in [0.15, 0.2) is 0 Å². The van der Waals surface area contributed by atoms with Gasteiger partial charge in [0.1, 0.15) is 5.76 Å². The van der Waals surface area contributed by atoms with Crippen molar-refractivity contribution in [3.05, 3.63) is 24.2 Å². The number of furan rings is 1. The molecule has 3 heterocycles. The summed E-state index contributed by atoms with van der Waals surface area (Å²) in [5.41, 5.74) is 0. The Bertz CT molecular complexity index is 588. The predicted octanol–water partition coefficient (Wildman–Crippen LogP) is 1.93. The topological polar surface area (TPSA) is 69.0 Å². The molecule has 0 spiro atoms. The van der Waals surface area contributed by atoms with Gasteiger partial charge in [-0.25, -0.2) is 4.79 Å². The number of urea groups is 1. The van der Waals surface area contributed by atoms with E-state index in [0.717, 1.165) is 31.7 Å². The quantitative estimate of drug-likeness (QED) is 0.869. The highest BCUT2D eigenvalue weighted by atomic mass is 16.3. The first-order chi connectivity index (χ1) is 12.6. The first kappa shape index (κ1) is 18.8. The van der Waals surface area contributed by atoms with Crippen LogP contribution in [-0.4, -0.2) is 73.5 Å². The van der Waals surface area contributed by atoms with E-state index in [9.17, 15) is 9.59 Å². The molecule has 2 fully saturated rings. The molecule has 0 saturated carbocycles. The minimum atomic E-state index is -0.0166. The Labute approximate surface area is 155 Å². The Kier molecular flexibility index (Phi) is 6.19. The largest absolute Gasteiger partial charge is 0.468 e. The van der Waals surface area contributed by atoms with Gasteiger partial charge in [0.2, 0.25) is 5.91 Å². The highest BCUT2D eigenvalue weighted by Crippen LogP contribution is 2.25. The van der Waals surface area contributed by atoms with Crippen molar-refractivity contribution in [2.24, 2.45) is 5.92 Å².